The molecule has 7 heteroatoms. The Morgan fingerprint density at radius 2 is 1.80 bits per heavy atom. The first-order valence-electron chi connectivity index (χ1n) is 2.43. The summed E-state index contributed by atoms with van der Waals surface area (Å²) in [6.07, 6.45) is 0.342. The summed E-state index contributed by atoms with van der Waals surface area (Å²) in [5.41, 5.74) is 0. The summed E-state index contributed by atoms with van der Waals surface area (Å²) in [5, 5.41) is 0. The first-order chi connectivity index (χ1) is 4.21. The van der Waals surface area contributed by atoms with E-state index in [0.29, 0.717) is 0 Å². The van der Waals surface area contributed by atoms with Crippen LogP contribution in [-0.2, 0) is 14.4 Å². The van der Waals surface area contributed by atoms with Gasteiger partial charge < -0.3 is 9.79 Å². The molecule has 0 aliphatic rings. The van der Waals surface area contributed by atoms with Crippen molar-refractivity contribution in [1.82, 2.24) is 0 Å². The molecule has 5 nitrogen and oxygen atoms in total. The summed E-state index contributed by atoms with van der Waals surface area (Å²) in [5.74, 6) is -0.461. The molecule has 0 saturated heterocycles. The van der Waals surface area contributed by atoms with E-state index in [0.717, 1.165) is 6.26 Å². The molecule has 0 atom stereocenters. The second kappa shape index (κ2) is 3.00. The Kier molecular flexibility index (Phi) is 3.03. The SMILES string of the molecule is CS(=O)(=O)CCP(=O)(O)O. The molecule has 0 rings (SSSR count). The molecule has 0 aromatic rings. The normalized spacial score (nSPS) is 13.5. The zero-order valence-electron chi connectivity index (χ0n) is 5.39. The zero-order chi connectivity index (χ0) is 8.41. The average molecular weight is 188 g/mol. The molecule has 0 radical (unpaired) electrons. The van der Waals surface area contributed by atoms with Crippen LogP contribution in [0.5, 0.6) is 0 Å². The van der Waals surface area contributed by atoms with Gasteiger partial charge in [0, 0.05) is 6.26 Å². The Hall–Kier alpha value is 0.1000. The van der Waals surface area contributed by atoms with E-state index in [4.69, 9.17) is 9.79 Å². The average Bonchev–Trinajstić information content (AvgIpc) is 1.57. The number of hydrogen-bond acceptors (Lipinski definition) is 3. The van der Waals surface area contributed by atoms with Crippen LogP contribution in [0.4, 0.5) is 0 Å². The monoisotopic (exact) mass is 188 g/mol. The van der Waals surface area contributed by atoms with Crippen molar-refractivity contribution in [3.05, 3.63) is 0 Å². The maximum absolute atomic E-state index is 10.3. The fourth-order valence-electron chi connectivity index (χ4n) is 0.285. The molecular weight excluding hydrogens is 179 g/mol. The van der Waals surface area contributed by atoms with Crippen molar-refractivity contribution < 1.29 is 22.8 Å². The standard InChI is InChI=1S/C3H9O5PS/c1-10(7,8)3-2-9(4,5)6/h2-3H2,1H3,(H2,4,5,6). The molecule has 0 aromatic carbocycles. The first-order valence-corrected chi connectivity index (χ1v) is 6.29. The summed E-state index contributed by atoms with van der Waals surface area (Å²) in [4.78, 5) is 16.5. The number of rotatable bonds is 3. The molecule has 0 aliphatic carbocycles. The second-order valence-corrected chi connectivity index (χ2v) is 6.05. The molecule has 0 aromatic heterocycles. The van der Waals surface area contributed by atoms with Crippen molar-refractivity contribution in [3.63, 3.8) is 0 Å². The van der Waals surface area contributed by atoms with Gasteiger partial charge in [0.15, 0.2) is 0 Å². The summed E-state index contributed by atoms with van der Waals surface area (Å²) < 4.78 is 30.8. The Morgan fingerprint density at radius 3 is 1.90 bits per heavy atom. The Bertz CT molecular complexity index is 236. The second-order valence-electron chi connectivity index (χ2n) is 2.02. The first kappa shape index (κ1) is 10.1. The van der Waals surface area contributed by atoms with Gasteiger partial charge in [0.2, 0.25) is 0 Å². The highest BCUT2D eigenvalue weighted by atomic mass is 32.2. The summed E-state index contributed by atoms with van der Waals surface area (Å²) in [6, 6.07) is 0. The van der Waals surface area contributed by atoms with Crippen molar-refractivity contribution in [2.45, 2.75) is 0 Å². The third kappa shape index (κ3) is 8.10. The lowest BCUT2D eigenvalue weighted by Gasteiger charge is -2.00. The van der Waals surface area contributed by atoms with Crippen molar-refractivity contribution in [3.8, 4) is 0 Å². The Morgan fingerprint density at radius 1 is 1.40 bits per heavy atom. The van der Waals surface area contributed by atoms with Gasteiger partial charge in [-0.3, -0.25) is 4.57 Å². The van der Waals surface area contributed by atoms with Crippen LogP contribution in [0.1, 0.15) is 0 Å². The quantitative estimate of drug-likeness (QED) is 0.566. The van der Waals surface area contributed by atoms with Crippen LogP contribution >= 0.6 is 7.60 Å². The maximum atomic E-state index is 10.3. The highest BCUT2D eigenvalue weighted by molar-refractivity contribution is 7.91. The van der Waals surface area contributed by atoms with Crippen LogP contribution in [0.3, 0.4) is 0 Å². The predicted molar refractivity (Wildman–Crippen MR) is 36.6 cm³/mol. The lowest BCUT2D eigenvalue weighted by atomic mass is 11.0. The van der Waals surface area contributed by atoms with Crippen LogP contribution < -0.4 is 0 Å². The molecule has 0 aliphatic heterocycles. The van der Waals surface area contributed by atoms with E-state index in [1.165, 1.54) is 0 Å². The van der Waals surface area contributed by atoms with Gasteiger partial charge in [-0.2, -0.15) is 0 Å². The number of hydrogen-bond donors (Lipinski definition) is 2. The van der Waals surface area contributed by atoms with E-state index in [1.807, 2.05) is 0 Å². The molecule has 0 fully saturated rings. The van der Waals surface area contributed by atoms with E-state index >= 15 is 0 Å². The summed E-state index contributed by atoms with van der Waals surface area (Å²) in [6.45, 7) is 0. The van der Waals surface area contributed by atoms with Crippen LogP contribution in [0.2, 0.25) is 0 Å². The number of sulfone groups is 1. The van der Waals surface area contributed by atoms with Crippen LogP contribution in [0.25, 0.3) is 0 Å². The van der Waals surface area contributed by atoms with Crippen LogP contribution in [-0.4, -0.2) is 36.4 Å². The third-order valence-corrected chi connectivity index (χ3v) is 2.81. The molecule has 62 valence electrons. The van der Waals surface area contributed by atoms with E-state index < -0.39 is 29.3 Å². The molecule has 0 heterocycles. The van der Waals surface area contributed by atoms with E-state index in [9.17, 15) is 13.0 Å². The fourth-order valence-corrected chi connectivity index (χ4v) is 2.56. The van der Waals surface area contributed by atoms with E-state index in [2.05, 4.69) is 0 Å². The molecule has 0 unspecified atom stereocenters. The molecule has 0 bridgehead atoms. The minimum atomic E-state index is -4.14. The maximum Gasteiger partial charge on any atom is 0.326 e. The smallest absolute Gasteiger partial charge is 0.324 e. The van der Waals surface area contributed by atoms with Crippen molar-refractivity contribution >= 4 is 17.4 Å². The molecule has 0 saturated carbocycles. The molecular formula is C3H9O5PS. The Labute approximate surface area is 59.1 Å². The van der Waals surface area contributed by atoms with Crippen molar-refractivity contribution in [1.29, 1.82) is 0 Å². The van der Waals surface area contributed by atoms with E-state index in [-0.39, 0.29) is 0 Å². The lowest BCUT2D eigenvalue weighted by Crippen LogP contribution is -2.07. The van der Waals surface area contributed by atoms with E-state index in [1.54, 1.807) is 0 Å². The minimum Gasteiger partial charge on any atom is -0.324 e. The van der Waals surface area contributed by atoms with Gasteiger partial charge in [0.25, 0.3) is 0 Å². The Balaban J connectivity index is 3.92. The van der Waals surface area contributed by atoms with Gasteiger partial charge in [-0.05, 0) is 0 Å². The zero-order valence-corrected chi connectivity index (χ0v) is 7.10. The van der Waals surface area contributed by atoms with Crippen molar-refractivity contribution in [2.75, 3.05) is 18.2 Å². The largest absolute Gasteiger partial charge is 0.326 e. The molecule has 0 amide bonds. The predicted octanol–water partition coefficient (Wildman–Crippen LogP) is -0.791. The minimum absolute atomic E-state index is 0.461. The van der Waals surface area contributed by atoms with Gasteiger partial charge in [-0.25, -0.2) is 8.42 Å². The third-order valence-electron chi connectivity index (χ3n) is 0.753. The van der Waals surface area contributed by atoms with Gasteiger partial charge in [-0.15, -0.1) is 0 Å². The van der Waals surface area contributed by atoms with Crippen LogP contribution in [0, 0.1) is 0 Å². The lowest BCUT2D eigenvalue weighted by molar-refractivity contribution is 0.374. The summed E-state index contributed by atoms with van der Waals surface area (Å²) in [7, 11) is -7.39. The topological polar surface area (TPSA) is 91.7 Å². The van der Waals surface area contributed by atoms with Gasteiger partial charge in [0.1, 0.15) is 9.84 Å². The highest BCUT2D eigenvalue weighted by Gasteiger charge is 2.15. The molecule has 2 N–H and O–H groups in total. The molecule has 0 spiro atoms. The highest BCUT2D eigenvalue weighted by Crippen LogP contribution is 2.33. The fraction of sp³-hybridized carbons (Fsp3) is 1.00. The molecule has 10 heavy (non-hydrogen) atoms. The van der Waals surface area contributed by atoms with Crippen molar-refractivity contribution in [2.24, 2.45) is 0 Å². The van der Waals surface area contributed by atoms with Gasteiger partial charge in [0.05, 0.1) is 11.9 Å². The van der Waals surface area contributed by atoms with Crippen LogP contribution in [0.15, 0.2) is 0 Å². The summed E-state index contributed by atoms with van der Waals surface area (Å²) >= 11 is 0. The van der Waals surface area contributed by atoms with Gasteiger partial charge in [-0.1, -0.05) is 0 Å². The van der Waals surface area contributed by atoms with Gasteiger partial charge >= 0.3 is 7.60 Å².